The smallest absolute Gasteiger partial charge is 0.306 e. The molecule has 0 aromatic carbocycles. The number of aliphatic hydroxyl groups excluding tert-OH is 5. The molecule has 1 saturated heterocycles. The normalized spacial score (nSPS) is 20.6. The summed E-state index contributed by atoms with van der Waals surface area (Å²) in [5.41, 5.74) is 0. The number of carbonyl (C=O) groups is 2. The van der Waals surface area contributed by atoms with Crippen molar-refractivity contribution in [1.82, 2.24) is 5.32 Å². The Morgan fingerprint density at radius 1 is 0.597 bits per heavy atom. The first-order valence-electron chi connectivity index (χ1n) is 26.7. The molecule has 0 aromatic heterocycles. The Balaban J connectivity index is 2.82. The van der Waals surface area contributed by atoms with E-state index in [4.69, 9.17) is 14.2 Å². The number of allylic oxidation sites excluding steroid dienone is 11. The van der Waals surface area contributed by atoms with Gasteiger partial charge >= 0.3 is 5.97 Å². The van der Waals surface area contributed by atoms with Crippen molar-refractivity contribution < 1.29 is 49.3 Å². The quantitative estimate of drug-likeness (QED) is 0.0196. The van der Waals surface area contributed by atoms with Gasteiger partial charge in [-0.2, -0.15) is 0 Å². The van der Waals surface area contributed by atoms with Crippen LogP contribution in [0.4, 0.5) is 0 Å². The molecule has 11 nitrogen and oxygen atoms in total. The number of amides is 1. The molecular formula is C56H97NO10. The lowest BCUT2D eigenvalue weighted by molar-refractivity contribution is -0.305. The van der Waals surface area contributed by atoms with Crippen molar-refractivity contribution in [3.8, 4) is 0 Å². The molecule has 0 saturated carbocycles. The van der Waals surface area contributed by atoms with Crippen molar-refractivity contribution in [2.24, 2.45) is 0 Å². The molecule has 8 atom stereocenters. The number of hydrogen-bond donors (Lipinski definition) is 6. The van der Waals surface area contributed by atoms with E-state index in [0.29, 0.717) is 12.8 Å². The Bertz CT molecular complexity index is 1360. The van der Waals surface area contributed by atoms with Gasteiger partial charge in [-0.3, -0.25) is 9.59 Å². The topological polar surface area (TPSA) is 175 Å². The number of rotatable bonds is 43. The van der Waals surface area contributed by atoms with Crippen molar-refractivity contribution in [3.63, 3.8) is 0 Å². The van der Waals surface area contributed by atoms with Crippen LogP contribution in [0.2, 0.25) is 0 Å². The first-order chi connectivity index (χ1) is 32.7. The van der Waals surface area contributed by atoms with E-state index in [1.165, 1.54) is 83.5 Å². The Hall–Kier alpha value is -2.90. The Morgan fingerprint density at radius 3 is 1.58 bits per heavy atom. The standard InChI is InChI=1S/C56H97NO10/c1-4-7-10-13-16-19-22-23-24-25-26-29-31-34-37-40-43-49(60)55(64)57-47(48(59)42-39-36-33-30-27-20-17-14-11-8-5-2)46-65-56-54(53(63)52(62)50(45-58)66-56)67-51(61)44-41-38-35-32-28-21-18-15-12-9-6-3/h7,10,16,19,23-24,26,29,34,37,39,42,47-50,52-54,56,58-60,62-63H,4-6,8-9,11-15,17-18,20-22,25,27-28,30-33,35-36,38,40-41,43-46H2,1-3H3,(H,57,64)/b10-7-,19-16-,24-23-,29-26-,37-34-,42-39+. The van der Waals surface area contributed by atoms with Crippen LogP contribution in [0, 0.1) is 0 Å². The number of nitrogens with one attached hydrogen (secondary N) is 1. The van der Waals surface area contributed by atoms with Gasteiger partial charge in [0, 0.05) is 6.42 Å². The zero-order chi connectivity index (χ0) is 49.0. The molecule has 1 aliphatic heterocycles. The first kappa shape index (κ1) is 62.1. The molecule has 0 aromatic rings. The maximum Gasteiger partial charge on any atom is 0.306 e. The van der Waals surface area contributed by atoms with Crippen molar-refractivity contribution in [2.75, 3.05) is 13.2 Å². The fraction of sp³-hybridized carbons (Fsp3) is 0.750. The van der Waals surface area contributed by atoms with Gasteiger partial charge in [-0.1, -0.05) is 209 Å². The van der Waals surface area contributed by atoms with E-state index in [-0.39, 0.29) is 19.4 Å². The highest BCUT2D eigenvalue weighted by Crippen LogP contribution is 2.26. The lowest BCUT2D eigenvalue weighted by Crippen LogP contribution is -2.61. The third-order valence-electron chi connectivity index (χ3n) is 12.1. The van der Waals surface area contributed by atoms with Gasteiger partial charge in [0.2, 0.25) is 5.91 Å². The highest BCUT2D eigenvalue weighted by Gasteiger charge is 2.47. The van der Waals surface area contributed by atoms with Crippen molar-refractivity contribution >= 4 is 11.9 Å². The van der Waals surface area contributed by atoms with Crippen LogP contribution >= 0.6 is 0 Å². The second-order valence-corrected chi connectivity index (χ2v) is 18.2. The SMILES string of the molecule is CC/C=C\C/C=C\C/C=C\C/C=C\C/C=C\CCC(O)C(=O)NC(COC1OC(CO)C(O)C(O)C1OC(=O)CCCCCCCCCCCCC)C(O)/C=C/CCCCCCCCCCC. The van der Waals surface area contributed by atoms with Crippen molar-refractivity contribution in [3.05, 3.63) is 72.9 Å². The number of hydrogen-bond acceptors (Lipinski definition) is 10. The molecular weight excluding hydrogens is 847 g/mol. The largest absolute Gasteiger partial charge is 0.454 e. The molecule has 1 aliphatic rings. The highest BCUT2D eigenvalue weighted by atomic mass is 16.7. The minimum absolute atomic E-state index is 0.116. The van der Waals surface area contributed by atoms with E-state index in [9.17, 15) is 35.1 Å². The number of unbranched alkanes of at least 4 members (excludes halogenated alkanes) is 19. The summed E-state index contributed by atoms with van der Waals surface area (Å²) in [4.78, 5) is 26.3. The third kappa shape index (κ3) is 33.3. The van der Waals surface area contributed by atoms with Gasteiger partial charge in [0.05, 0.1) is 25.4 Å². The Kier molecular flexibility index (Phi) is 41.1. The summed E-state index contributed by atoms with van der Waals surface area (Å²) >= 11 is 0. The lowest BCUT2D eigenvalue weighted by Gasteiger charge is -2.41. The molecule has 0 bridgehead atoms. The van der Waals surface area contributed by atoms with Gasteiger partial charge in [-0.15, -0.1) is 0 Å². The minimum atomic E-state index is -1.62. The minimum Gasteiger partial charge on any atom is -0.454 e. The van der Waals surface area contributed by atoms with Gasteiger partial charge < -0.3 is 45.1 Å². The molecule has 1 heterocycles. The van der Waals surface area contributed by atoms with Crippen LogP contribution in [0.3, 0.4) is 0 Å². The second kappa shape index (κ2) is 44.3. The van der Waals surface area contributed by atoms with Crippen LogP contribution < -0.4 is 5.32 Å². The first-order valence-corrected chi connectivity index (χ1v) is 26.7. The summed E-state index contributed by atoms with van der Waals surface area (Å²) in [5, 5.41) is 56.5. The summed E-state index contributed by atoms with van der Waals surface area (Å²) in [5.74, 6) is -1.26. The molecule has 0 radical (unpaired) electrons. The summed E-state index contributed by atoms with van der Waals surface area (Å²) in [6.07, 6.45) is 44.0. The molecule has 0 spiro atoms. The fourth-order valence-corrected chi connectivity index (χ4v) is 7.86. The van der Waals surface area contributed by atoms with Crippen LogP contribution in [-0.2, 0) is 23.8 Å². The van der Waals surface area contributed by atoms with E-state index in [1.54, 1.807) is 6.08 Å². The molecule has 11 heteroatoms. The van der Waals surface area contributed by atoms with Crippen LogP contribution in [-0.4, -0.2) is 99.6 Å². The maximum atomic E-state index is 13.3. The van der Waals surface area contributed by atoms with Crippen LogP contribution in [0.15, 0.2) is 72.9 Å². The molecule has 386 valence electrons. The zero-order valence-electron chi connectivity index (χ0n) is 42.2. The van der Waals surface area contributed by atoms with Crippen LogP contribution in [0.1, 0.15) is 207 Å². The number of carbonyl (C=O) groups excluding carboxylic acids is 2. The van der Waals surface area contributed by atoms with Gasteiger partial charge in [0.1, 0.15) is 24.4 Å². The third-order valence-corrected chi connectivity index (χ3v) is 12.1. The van der Waals surface area contributed by atoms with Gasteiger partial charge in [-0.25, -0.2) is 0 Å². The molecule has 67 heavy (non-hydrogen) atoms. The van der Waals surface area contributed by atoms with E-state index >= 15 is 0 Å². The average Bonchev–Trinajstić information content (AvgIpc) is 3.32. The van der Waals surface area contributed by atoms with Gasteiger partial charge in [-0.05, 0) is 64.2 Å². The number of esters is 1. The maximum absolute atomic E-state index is 13.3. The van der Waals surface area contributed by atoms with Crippen molar-refractivity contribution in [1.29, 1.82) is 0 Å². The monoisotopic (exact) mass is 944 g/mol. The number of aliphatic hydroxyl groups is 5. The van der Waals surface area contributed by atoms with Crippen LogP contribution in [0.25, 0.3) is 0 Å². The number of ether oxygens (including phenoxy) is 3. The predicted octanol–water partition coefficient (Wildman–Crippen LogP) is 11.3. The molecule has 0 aliphatic carbocycles. The summed E-state index contributed by atoms with van der Waals surface area (Å²) < 4.78 is 17.5. The summed E-state index contributed by atoms with van der Waals surface area (Å²) in [7, 11) is 0. The second-order valence-electron chi connectivity index (χ2n) is 18.2. The van der Waals surface area contributed by atoms with E-state index in [0.717, 1.165) is 77.0 Å². The molecule has 8 unspecified atom stereocenters. The van der Waals surface area contributed by atoms with Crippen molar-refractivity contribution in [2.45, 2.75) is 256 Å². The molecule has 1 amide bonds. The fourth-order valence-electron chi connectivity index (χ4n) is 7.86. The molecule has 1 rings (SSSR count). The predicted molar refractivity (Wildman–Crippen MR) is 273 cm³/mol. The zero-order valence-corrected chi connectivity index (χ0v) is 42.2. The van der Waals surface area contributed by atoms with E-state index < -0.39 is 67.4 Å². The van der Waals surface area contributed by atoms with E-state index in [1.807, 2.05) is 18.2 Å². The Morgan fingerprint density at radius 2 is 1.07 bits per heavy atom. The summed E-state index contributed by atoms with van der Waals surface area (Å²) in [6.45, 7) is 5.58. The van der Waals surface area contributed by atoms with Gasteiger partial charge in [0.15, 0.2) is 12.4 Å². The molecule has 1 fully saturated rings. The lowest BCUT2D eigenvalue weighted by atomic mass is 9.99. The summed E-state index contributed by atoms with van der Waals surface area (Å²) in [6, 6.07) is -1.05. The molecule has 6 N–H and O–H groups in total. The van der Waals surface area contributed by atoms with Gasteiger partial charge in [0.25, 0.3) is 0 Å². The van der Waals surface area contributed by atoms with Crippen LogP contribution in [0.5, 0.6) is 0 Å². The highest BCUT2D eigenvalue weighted by molar-refractivity contribution is 5.80. The van der Waals surface area contributed by atoms with E-state index in [2.05, 4.69) is 74.7 Å². The average molecular weight is 944 g/mol. The Labute approximate surface area is 407 Å².